The molecule has 0 aromatic heterocycles. The number of ether oxygens (including phenoxy) is 2. The Bertz CT molecular complexity index is 669. The zero-order valence-corrected chi connectivity index (χ0v) is 16.0. The van der Waals surface area contributed by atoms with Crippen molar-refractivity contribution in [2.24, 2.45) is 5.41 Å². The van der Waals surface area contributed by atoms with E-state index in [-0.39, 0.29) is 29.0 Å². The Labute approximate surface area is 160 Å². The summed E-state index contributed by atoms with van der Waals surface area (Å²) in [6.45, 7) is 5.23. The lowest BCUT2D eigenvalue weighted by atomic mass is 9.93. The maximum absolute atomic E-state index is 13.1. The Morgan fingerprint density at radius 3 is 2.74 bits per heavy atom. The van der Waals surface area contributed by atoms with E-state index in [1.54, 1.807) is 0 Å². The highest BCUT2D eigenvalue weighted by Gasteiger charge is 2.45. The van der Waals surface area contributed by atoms with Gasteiger partial charge in [0.1, 0.15) is 11.4 Å². The van der Waals surface area contributed by atoms with Crippen LogP contribution in [-0.4, -0.2) is 55.5 Å². The Hall–Kier alpha value is -1.66. The highest BCUT2D eigenvalue weighted by molar-refractivity contribution is 5.74. The SMILES string of the molecule is CC1CN(C(=O)NCC2(Cc3ccc(F)cc3)CC2)CC2(CCCOC2)O1. The van der Waals surface area contributed by atoms with Gasteiger partial charge in [0.15, 0.2) is 0 Å². The first-order valence-electron chi connectivity index (χ1n) is 10.0. The molecule has 1 saturated carbocycles. The Kier molecular flexibility index (Phi) is 5.12. The lowest BCUT2D eigenvalue weighted by molar-refractivity contribution is -0.188. The number of rotatable bonds is 4. The zero-order valence-electron chi connectivity index (χ0n) is 16.0. The second kappa shape index (κ2) is 7.40. The van der Waals surface area contributed by atoms with Crippen molar-refractivity contribution in [3.8, 4) is 0 Å². The smallest absolute Gasteiger partial charge is 0.317 e. The highest BCUT2D eigenvalue weighted by Crippen LogP contribution is 2.47. The lowest BCUT2D eigenvalue weighted by Crippen LogP contribution is -2.61. The van der Waals surface area contributed by atoms with Crippen molar-refractivity contribution in [2.45, 2.75) is 50.7 Å². The van der Waals surface area contributed by atoms with Crippen molar-refractivity contribution in [3.63, 3.8) is 0 Å². The molecule has 1 aromatic carbocycles. The lowest BCUT2D eigenvalue weighted by Gasteiger charge is -2.47. The van der Waals surface area contributed by atoms with Crippen LogP contribution in [0.15, 0.2) is 24.3 Å². The van der Waals surface area contributed by atoms with Gasteiger partial charge in [0.05, 0.1) is 19.3 Å². The number of urea groups is 1. The topological polar surface area (TPSA) is 50.8 Å². The molecule has 1 spiro atoms. The van der Waals surface area contributed by atoms with Gasteiger partial charge >= 0.3 is 6.03 Å². The van der Waals surface area contributed by atoms with Crippen LogP contribution in [0, 0.1) is 11.2 Å². The van der Waals surface area contributed by atoms with Gasteiger partial charge < -0.3 is 19.7 Å². The number of nitrogens with one attached hydrogen (secondary N) is 1. The molecule has 1 aliphatic carbocycles. The van der Waals surface area contributed by atoms with Crippen LogP contribution in [0.5, 0.6) is 0 Å². The summed E-state index contributed by atoms with van der Waals surface area (Å²) in [5.74, 6) is -0.209. The van der Waals surface area contributed by atoms with Crippen LogP contribution in [0.25, 0.3) is 0 Å². The van der Waals surface area contributed by atoms with Crippen LogP contribution in [0.3, 0.4) is 0 Å². The molecule has 2 atom stereocenters. The van der Waals surface area contributed by atoms with Gasteiger partial charge in [-0.15, -0.1) is 0 Å². The summed E-state index contributed by atoms with van der Waals surface area (Å²) in [5.41, 5.74) is 0.900. The van der Waals surface area contributed by atoms with E-state index in [0.29, 0.717) is 26.2 Å². The fourth-order valence-electron chi connectivity index (χ4n) is 4.43. The van der Waals surface area contributed by atoms with Gasteiger partial charge in [-0.2, -0.15) is 0 Å². The van der Waals surface area contributed by atoms with E-state index in [1.807, 2.05) is 24.0 Å². The third-order valence-corrected chi connectivity index (χ3v) is 6.05. The molecule has 2 amide bonds. The molecule has 3 fully saturated rings. The standard InChI is InChI=1S/C21H29FN2O3/c1-16-12-24(14-21(27-16)7-2-10-26-15-21)19(25)23-13-20(8-9-20)11-17-3-5-18(22)6-4-17/h3-6,16H,2,7-15H2,1H3,(H,23,25). The minimum Gasteiger partial charge on any atom is -0.378 e. The van der Waals surface area contributed by atoms with Crippen molar-refractivity contribution in [1.29, 1.82) is 0 Å². The summed E-state index contributed by atoms with van der Waals surface area (Å²) in [5, 5.41) is 3.15. The predicted molar refractivity (Wildman–Crippen MR) is 100 cm³/mol. The van der Waals surface area contributed by atoms with Crippen LogP contribution >= 0.6 is 0 Å². The second-order valence-corrected chi connectivity index (χ2v) is 8.61. The van der Waals surface area contributed by atoms with Gasteiger partial charge in [-0.3, -0.25) is 0 Å². The number of nitrogens with zero attached hydrogens (tertiary/aromatic N) is 1. The van der Waals surface area contributed by atoms with Gasteiger partial charge in [-0.1, -0.05) is 12.1 Å². The molecule has 5 nitrogen and oxygen atoms in total. The van der Waals surface area contributed by atoms with E-state index >= 15 is 0 Å². The monoisotopic (exact) mass is 376 g/mol. The van der Waals surface area contributed by atoms with Gasteiger partial charge in [-0.05, 0) is 62.1 Å². The van der Waals surface area contributed by atoms with Crippen LogP contribution < -0.4 is 5.32 Å². The highest BCUT2D eigenvalue weighted by atomic mass is 19.1. The van der Waals surface area contributed by atoms with Crippen LogP contribution in [-0.2, 0) is 15.9 Å². The molecule has 2 heterocycles. The van der Waals surface area contributed by atoms with Gasteiger partial charge in [0, 0.05) is 19.7 Å². The molecule has 4 rings (SSSR count). The first kappa shape index (κ1) is 18.7. The van der Waals surface area contributed by atoms with Crippen molar-refractivity contribution in [2.75, 3.05) is 32.8 Å². The maximum Gasteiger partial charge on any atom is 0.317 e. The molecule has 2 aliphatic heterocycles. The number of hydrogen-bond donors (Lipinski definition) is 1. The van der Waals surface area contributed by atoms with Gasteiger partial charge in [-0.25, -0.2) is 9.18 Å². The third-order valence-electron chi connectivity index (χ3n) is 6.05. The Morgan fingerprint density at radius 1 is 1.30 bits per heavy atom. The molecule has 1 N–H and O–H groups in total. The Balaban J connectivity index is 1.32. The summed E-state index contributed by atoms with van der Waals surface area (Å²) in [4.78, 5) is 14.7. The number of morpholine rings is 1. The first-order chi connectivity index (χ1) is 13.0. The maximum atomic E-state index is 13.1. The summed E-state index contributed by atoms with van der Waals surface area (Å²) in [6.07, 6.45) is 5.01. The van der Waals surface area contributed by atoms with Crippen LogP contribution in [0.1, 0.15) is 38.2 Å². The van der Waals surface area contributed by atoms with E-state index in [4.69, 9.17) is 9.47 Å². The summed E-state index contributed by atoms with van der Waals surface area (Å²) in [6, 6.07) is 6.68. The van der Waals surface area contributed by atoms with E-state index in [1.165, 1.54) is 12.1 Å². The molecular formula is C21H29FN2O3. The minimum atomic E-state index is -0.349. The number of hydrogen-bond acceptors (Lipinski definition) is 3. The number of amides is 2. The molecule has 27 heavy (non-hydrogen) atoms. The van der Waals surface area contributed by atoms with E-state index in [9.17, 15) is 9.18 Å². The van der Waals surface area contributed by atoms with Gasteiger partial charge in [0.2, 0.25) is 0 Å². The molecule has 3 aliphatic rings. The fourth-order valence-corrected chi connectivity index (χ4v) is 4.43. The normalized spacial score (nSPS) is 29.6. The van der Waals surface area contributed by atoms with E-state index in [2.05, 4.69) is 5.32 Å². The van der Waals surface area contributed by atoms with Crippen molar-refractivity contribution in [3.05, 3.63) is 35.6 Å². The third kappa shape index (κ3) is 4.43. The van der Waals surface area contributed by atoms with Crippen LogP contribution in [0.2, 0.25) is 0 Å². The molecule has 0 radical (unpaired) electrons. The average Bonchev–Trinajstić information content (AvgIpc) is 3.41. The summed E-state index contributed by atoms with van der Waals surface area (Å²) < 4.78 is 24.9. The number of carbonyl (C=O) groups excluding carboxylic acids is 1. The van der Waals surface area contributed by atoms with Gasteiger partial charge in [0.25, 0.3) is 0 Å². The first-order valence-corrected chi connectivity index (χ1v) is 10.0. The number of halogens is 1. The fraction of sp³-hybridized carbons (Fsp3) is 0.667. The average molecular weight is 376 g/mol. The number of carbonyl (C=O) groups is 1. The summed E-state index contributed by atoms with van der Waals surface area (Å²) >= 11 is 0. The molecule has 6 heteroatoms. The van der Waals surface area contributed by atoms with Crippen molar-refractivity contribution in [1.82, 2.24) is 10.2 Å². The molecule has 1 aromatic rings. The molecule has 2 unspecified atom stereocenters. The predicted octanol–water partition coefficient (Wildman–Crippen LogP) is 3.13. The largest absolute Gasteiger partial charge is 0.378 e. The van der Waals surface area contributed by atoms with E-state index in [0.717, 1.165) is 44.3 Å². The molecule has 2 saturated heterocycles. The molecular weight excluding hydrogens is 347 g/mol. The van der Waals surface area contributed by atoms with Crippen LogP contribution in [0.4, 0.5) is 9.18 Å². The summed E-state index contributed by atoms with van der Waals surface area (Å²) in [7, 11) is 0. The van der Waals surface area contributed by atoms with Crippen molar-refractivity contribution < 1.29 is 18.7 Å². The quantitative estimate of drug-likeness (QED) is 0.878. The minimum absolute atomic E-state index is 0.0134. The molecule has 148 valence electrons. The van der Waals surface area contributed by atoms with E-state index < -0.39 is 0 Å². The zero-order chi connectivity index (χ0) is 18.9. The molecule has 0 bridgehead atoms. The number of benzene rings is 1. The second-order valence-electron chi connectivity index (χ2n) is 8.61. The van der Waals surface area contributed by atoms with Crippen molar-refractivity contribution >= 4 is 6.03 Å². The Morgan fingerprint density at radius 2 is 2.07 bits per heavy atom.